The second-order valence-corrected chi connectivity index (χ2v) is 4.23. The van der Waals surface area contributed by atoms with Crippen molar-refractivity contribution in [1.82, 2.24) is 10.2 Å². The van der Waals surface area contributed by atoms with Gasteiger partial charge in [-0.3, -0.25) is 4.90 Å². The van der Waals surface area contributed by atoms with Gasteiger partial charge in [0.1, 0.15) is 5.82 Å². The topological polar surface area (TPSA) is 15.3 Å². The third-order valence-electron chi connectivity index (χ3n) is 2.76. The molecule has 1 aromatic carbocycles. The van der Waals surface area contributed by atoms with E-state index < -0.39 is 0 Å². The average molecular weight is 234 g/mol. The highest BCUT2D eigenvalue weighted by molar-refractivity contribution is 5.15. The van der Waals surface area contributed by atoms with Gasteiger partial charge in [0.15, 0.2) is 0 Å². The second kappa shape index (κ2) is 7.05. The molecule has 0 fully saturated rings. The van der Waals surface area contributed by atoms with E-state index in [1.165, 1.54) is 12.1 Å². The largest absolute Gasteiger partial charge is 0.305 e. The van der Waals surface area contributed by atoms with Crippen molar-refractivity contribution in [1.29, 1.82) is 0 Å². The molecular formula is C14H19FN2. The molecule has 3 heteroatoms. The van der Waals surface area contributed by atoms with Gasteiger partial charge in [-0.2, -0.15) is 0 Å². The first-order chi connectivity index (χ1) is 8.13. The molecular weight excluding hydrogens is 215 g/mol. The first-order valence-corrected chi connectivity index (χ1v) is 5.72. The lowest BCUT2D eigenvalue weighted by molar-refractivity contribution is 0.245. The molecule has 0 aliphatic rings. The minimum Gasteiger partial charge on any atom is -0.305 e. The third kappa shape index (κ3) is 4.99. The zero-order chi connectivity index (χ0) is 12.7. The molecule has 1 rings (SSSR count). The van der Waals surface area contributed by atoms with Gasteiger partial charge in [-0.15, -0.1) is 6.42 Å². The van der Waals surface area contributed by atoms with Gasteiger partial charge in [0.05, 0.1) is 6.54 Å². The average Bonchev–Trinajstić information content (AvgIpc) is 2.32. The summed E-state index contributed by atoms with van der Waals surface area (Å²) in [6.07, 6.45) is 5.17. The van der Waals surface area contributed by atoms with E-state index in [1.54, 1.807) is 0 Å². The lowest BCUT2D eigenvalue weighted by atomic mass is 10.2. The van der Waals surface area contributed by atoms with E-state index in [-0.39, 0.29) is 5.82 Å². The zero-order valence-electron chi connectivity index (χ0n) is 10.4. The molecule has 0 spiro atoms. The van der Waals surface area contributed by atoms with Crippen LogP contribution in [0.1, 0.15) is 12.5 Å². The van der Waals surface area contributed by atoms with Crippen molar-refractivity contribution in [3.63, 3.8) is 0 Å². The molecule has 0 aromatic heterocycles. The van der Waals surface area contributed by atoms with Crippen LogP contribution in [0.15, 0.2) is 24.3 Å². The summed E-state index contributed by atoms with van der Waals surface area (Å²) in [5.74, 6) is 2.35. The summed E-state index contributed by atoms with van der Waals surface area (Å²) < 4.78 is 12.7. The molecule has 17 heavy (non-hydrogen) atoms. The fourth-order valence-corrected chi connectivity index (χ4v) is 1.54. The Hall–Kier alpha value is -1.37. The Morgan fingerprint density at radius 2 is 2.06 bits per heavy atom. The highest BCUT2D eigenvalue weighted by atomic mass is 19.1. The molecule has 0 aliphatic carbocycles. The summed E-state index contributed by atoms with van der Waals surface area (Å²) in [5.41, 5.74) is 1.11. The number of halogens is 1. The molecule has 0 amide bonds. The summed E-state index contributed by atoms with van der Waals surface area (Å²) in [4.78, 5) is 2.21. The van der Waals surface area contributed by atoms with Crippen molar-refractivity contribution in [3.05, 3.63) is 35.6 Å². The molecule has 1 N–H and O–H groups in total. The Kier molecular flexibility index (Phi) is 5.68. The van der Waals surface area contributed by atoms with Crippen LogP contribution < -0.4 is 5.32 Å². The first kappa shape index (κ1) is 13.7. The molecule has 0 aliphatic heterocycles. The predicted octanol–water partition coefficient (Wildman–Crippen LogP) is 1.87. The number of nitrogens with zero attached hydrogens (tertiary/aromatic N) is 1. The predicted molar refractivity (Wildman–Crippen MR) is 69.0 cm³/mol. The monoisotopic (exact) mass is 234 g/mol. The molecule has 0 radical (unpaired) electrons. The maximum atomic E-state index is 12.7. The quantitative estimate of drug-likeness (QED) is 0.597. The van der Waals surface area contributed by atoms with E-state index in [9.17, 15) is 4.39 Å². The zero-order valence-corrected chi connectivity index (χ0v) is 10.4. The molecule has 0 saturated carbocycles. The van der Waals surface area contributed by atoms with Crippen LogP contribution in [0.25, 0.3) is 0 Å². The lowest BCUT2D eigenvalue weighted by Gasteiger charge is -2.24. The Labute approximate surface area is 103 Å². The van der Waals surface area contributed by atoms with E-state index in [4.69, 9.17) is 6.42 Å². The molecule has 0 bridgehead atoms. The van der Waals surface area contributed by atoms with Gasteiger partial charge in [0.25, 0.3) is 0 Å². The second-order valence-electron chi connectivity index (χ2n) is 4.23. The van der Waals surface area contributed by atoms with Crippen LogP contribution in [0.2, 0.25) is 0 Å². The van der Waals surface area contributed by atoms with Crippen molar-refractivity contribution in [2.75, 3.05) is 20.1 Å². The van der Waals surface area contributed by atoms with E-state index in [2.05, 4.69) is 23.1 Å². The normalized spacial score (nSPS) is 12.4. The molecule has 92 valence electrons. The number of likely N-dealkylation sites (N-methyl/N-ethyl adjacent to an activating group) is 1. The lowest BCUT2D eigenvalue weighted by Crippen LogP contribution is -2.37. The van der Waals surface area contributed by atoms with Gasteiger partial charge < -0.3 is 5.32 Å². The van der Waals surface area contributed by atoms with Crippen LogP contribution >= 0.6 is 0 Å². The highest BCUT2D eigenvalue weighted by Crippen LogP contribution is 2.07. The Morgan fingerprint density at radius 1 is 1.41 bits per heavy atom. The van der Waals surface area contributed by atoms with Crippen LogP contribution in [0.4, 0.5) is 4.39 Å². The molecule has 0 heterocycles. The van der Waals surface area contributed by atoms with E-state index >= 15 is 0 Å². The highest BCUT2D eigenvalue weighted by Gasteiger charge is 2.08. The third-order valence-corrected chi connectivity index (χ3v) is 2.76. The summed E-state index contributed by atoms with van der Waals surface area (Å²) in [6, 6.07) is 6.99. The number of nitrogens with one attached hydrogen (secondary N) is 1. The molecule has 1 aromatic rings. The molecule has 2 nitrogen and oxygen atoms in total. The molecule has 1 atom stereocenters. The van der Waals surface area contributed by atoms with Gasteiger partial charge in [0.2, 0.25) is 0 Å². The summed E-state index contributed by atoms with van der Waals surface area (Å²) in [7, 11) is 2.05. The van der Waals surface area contributed by atoms with E-state index in [0.29, 0.717) is 12.6 Å². The SMILES string of the molecule is C#CCNCC(C)N(C)Cc1ccc(F)cc1. The summed E-state index contributed by atoms with van der Waals surface area (Å²) >= 11 is 0. The molecule has 0 saturated heterocycles. The Morgan fingerprint density at radius 3 is 2.65 bits per heavy atom. The van der Waals surface area contributed by atoms with Crippen LogP contribution in [-0.2, 0) is 6.54 Å². The van der Waals surface area contributed by atoms with Crippen LogP contribution in [0, 0.1) is 18.2 Å². The maximum absolute atomic E-state index is 12.7. The van der Waals surface area contributed by atoms with Gasteiger partial charge in [-0.05, 0) is 31.7 Å². The van der Waals surface area contributed by atoms with E-state index in [0.717, 1.165) is 18.7 Å². The molecule has 1 unspecified atom stereocenters. The fourth-order valence-electron chi connectivity index (χ4n) is 1.54. The van der Waals surface area contributed by atoms with Crippen LogP contribution in [-0.4, -0.2) is 31.1 Å². The fraction of sp³-hybridized carbons (Fsp3) is 0.429. The van der Waals surface area contributed by atoms with Crippen molar-refractivity contribution < 1.29 is 4.39 Å². The number of rotatable bonds is 6. The van der Waals surface area contributed by atoms with Gasteiger partial charge in [-0.1, -0.05) is 18.1 Å². The summed E-state index contributed by atoms with van der Waals surface area (Å²) in [5, 5.41) is 3.17. The number of hydrogen-bond acceptors (Lipinski definition) is 2. The minimum atomic E-state index is -0.194. The smallest absolute Gasteiger partial charge is 0.123 e. The number of terminal acetylenes is 1. The summed E-state index contributed by atoms with van der Waals surface area (Å²) in [6.45, 7) is 4.38. The van der Waals surface area contributed by atoms with Gasteiger partial charge >= 0.3 is 0 Å². The Bertz CT molecular complexity index is 367. The number of hydrogen-bond donors (Lipinski definition) is 1. The standard InChI is InChI=1S/C14H19FN2/c1-4-9-16-10-12(2)17(3)11-13-5-7-14(15)8-6-13/h1,5-8,12,16H,9-11H2,2-3H3. The van der Waals surface area contributed by atoms with E-state index in [1.807, 2.05) is 19.2 Å². The van der Waals surface area contributed by atoms with Crippen molar-refractivity contribution in [2.24, 2.45) is 0 Å². The number of benzene rings is 1. The van der Waals surface area contributed by atoms with Crippen LogP contribution in [0.3, 0.4) is 0 Å². The first-order valence-electron chi connectivity index (χ1n) is 5.72. The van der Waals surface area contributed by atoms with Crippen molar-refractivity contribution in [3.8, 4) is 12.3 Å². The Balaban J connectivity index is 2.40. The van der Waals surface area contributed by atoms with Crippen LogP contribution in [0.5, 0.6) is 0 Å². The van der Waals surface area contributed by atoms with Gasteiger partial charge in [-0.25, -0.2) is 4.39 Å². The maximum Gasteiger partial charge on any atom is 0.123 e. The van der Waals surface area contributed by atoms with Crippen molar-refractivity contribution >= 4 is 0 Å². The minimum absolute atomic E-state index is 0.194. The van der Waals surface area contributed by atoms with Crippen molar-refractivity contribution in [2.45, 2.75) is 19.5 Å². The van der Waals surface area contributed by atoms with Gasteiger partial charge in [0, 0.05) is 19.1 Å².